The largest absolute Gasteiger partial charge is 0.378 e. The molecule has 0 aromatic carbocycles. The lowest BCUT2D eigenvalue weighted by Crippen LogP contribution is -2.38. The third-order valence-electron chi connectivity index (χ3n) is 4.87. The van der Waals surface area contributed by atoms with Crippen LogP contribution in [-0.4, -0.2) is 31.7 Å². The van der Waals surface area contributed by atoms with Crippen LogP contribution in [0.3, 0.4) is 0 Å². The second kappa shape index (κ2) is 5.22. The summed E-state index contributed by atoms with van der Waals surface area (Å²) < 4.78 is 11.0. The van der Waals surface area contributed by atoms with Crippen LogP contribution in [0.1, 0.15) is 32.6 Å². The highest BCUT2D eigenvalue weighted by Gasteiger charge is 2.47. The summed E-state index contributed by atoms with van der Waals surface area (Å²) in [6.45, 7) is 2.68. The normalized spacial score (nSPS) is 35.9. The first kappa shape index (κ1) is 13.1. The van der Waals surface area contributed by atoms with Gasteiger partial charge in [0.05, 0.1) is 12.7 Å². The number of allylic oxidation sites excluding steroid dienone is 2. The zero-order valence-corrected chi connectivity index (χ0v) is 11.7. The Morgan fingerprint density at radius 2 is 2.16 bits per heavy atom. The Bertz CT molecular complexity index is 435. The number of rotatable bonds is 3. The molecule has 3 heteroatoms. The molecule has 0 aromatic rings. The maximum absolute atomic E-state index is 11.9. The van der Waals surface area contributed by atoms with Crippen molar-refractivity contribution in [1.82, 2.24) is 0 Å². The summed E-state index contributed by atoms with van der Waals surface area (Å²) in [6, 6.07) is 0. The van der Waals surface area contributed by atoms with E-state index >= 15 is 0 Å². The van der Waals surface area contributed by atoms with Crippen LogP contribution in [0.4, 0.5) is 0 Å². The summed E-state index contributed by atoms with van der Waals surface area (Å²) in [5.74, 6) is 1.34. The van der Waals surface area contributed by atoms with Gasteiger partial charge in [0.2, 0.25) is 0 Å². The number of ketones is 1. The van der Waals surface area contributed by atoms with Gasteiger partial charge in [-0.25, -0.2) is 0 Å². The highest BCUT2D eigenvalue weighted by Crippen LogP contribution is 2.47. The maximum Gasteiger partial charge on any atom is 0.162 e. The molecule has 3 rings (SSSR count). The molecular formula is C16H22O3. The van der Waals surface area contributed by atoms with Gasteiger partial charge in [-0.15, -0.1) is 0 Å². The van der Waals surface area contributed by atoms with Crippen molar-refractivity contribution in [2.24, 2.45) is 11.8 Å². The molecule has 0 N–H and O–H groups in total. The second-order valence-electron chi connectivity index (χ2n) is 5.91. The van der Waals surface area contributed by atoms with Crippen LogP contribution in [0, 0.1) is 11.8 Å². The van der Waals surface area contributed by atoms with E-state index in [2.05, 4.69) is 12.2 Å². The van der Waals surface area contributed by atoms with E-state index < -0.39 is 0 Å². The van der Waals surface area contributed by atoms with Crippen LogP contribution in [0.25, 0.3) is 0 Å². The quantitative estimate of drug-likeness (QED) is 0.784. The Hall–Kier alpha value is -0.930. The molecule has 0 radical (unpaired) electrons. The highest BCUT2D eigenvalue weighted by molar-refractivity contribution is 5.85. The molecule has 104 valence electrons. The monoisotopic (exact) mass is 262 g/mol. The Morgan fingerprint density at radius 3 is 2.95 bits per heavy atom. The number of carbonyl (C=O) groups excluding carboxylic acids is 1. The minimum atomic E-state index is -0.141. The molecule has 4 atom stereocenters. The van der Waals surface area contributed by atoms with Crippen LogP contribution in [0.15, 0.2) is 23.3 Å². The Balaban J connectivity index is 1.86. The van der Waals surface area contributed by atoms with Gasteiger partial charge in [-0.3, -0.25) is 4.79 Å². The van der Waals surface area contributed by atoms with Gasteiger partial charge in [0.25, 0.3) is 0 Å². The number of methoxy groups -OCH3 is 1. The summed E-state index contributed by atoms with van der Waals surface area (Å²) in [5, 5.41) is 0. The number of hydrogen-bond donors (Lipinski definition) is 0. The van der Waals surface area contributed by atoms with Gasteiger partial charge in [0.15, 0.2) is 5.78 Å². The van der Waals surface area contributed by atoms with Crippen molar-refractivity contribution in [1.29, 1.82) is 0 Å². The molecule has 0 spiro atoms. The fourth-order valence-electron chi connectivity index (χ4n) is 3.69. The highest BCUT2D eigenvalue weighted by atomic mass is 16.5. The van der Waals surface area contributed by atoms with Gasteiger partial charge in [0.1, 0.15) is 6.10 Å². The van der Waals surface area contributed by atoms with Crippen molar-refractivity contribution in [3.63, 3.8) is 0 Å². The standard InChI is InChI=1S/C16H22O3/c1-10(18-2)3-4-11-5-6-12-7-8-14(17)16-15(12)13(11)9-19-16/h3-4,10,12,15-16H,5-9H2,1-2H3/b4-3-. The molecule has 2 fully saturated rings. The van der Waals surface area contributed by atoms with E-state index in [0.29, 0.717) is 30.6 Å². The Labute approximate surface area is 114 Å². The summed E-state index contributed by atoms with van der Waals surface area (Å²) in [7, 11) is 1.72. The van der Waals surface area contributed by atoms with Crippen LogP contribution in [0.2, 0.25) is 0 Å². The molecule has 1 aliphatic heterocycles. The van der Waals surface area contributed by atoms with Gasteiger partial charge < -0.3 is 9.47 Å². The molecule has 3 nitrogen and oxygen atoms in total. The molecule has 1 heterocycles. The summed E-state index contributed by atoms with van der Waals surface area (Å²) >= 11 is 0. The van der Waals surface area contributed by atoms with Gasteiger partial charge in [-0.2, -0.15) is 0 Å². The van der Waals surface area contributed by atoms with Gasteiger partial charge in [0, 0.05) is 19.4 Å². The van der Waals surface area contributed by atoms with Crippen molar-refractivity contribution in [3.05, 3.63) is 23.3 Å². The van der Waals surface area contributed by atoms with E-state index in [1.54, 1.807) is 7.11 Å². The molecule has 2 aliphatic carbocycles. The van der Waals surface area contributed by atoms with Crippen molar-refractivity contribution in [2.45, 2.75) is 44.8 Å². The van der Waals surface area contributed by atoms with E-state index in [4.69, 9.17) is 9.47 Å². The van der Waals surface area contributed by atoms with Crippen LogP contribution in [0.5, 0.6) is 0 Å². The number of hydrogen-bond acceptors (Lipinski definition) is 3. The SMILES string of the molecule is COC(C)/C=C\C1=C2COC3C(=O)CCC(CC1)C23. The first-order chi connectivity index (χ1) is 9.20. The topological polar surface area (TPSA) is 35.5 Å². The second-order valence-corrected chi connectivity index (χ2v) is 5.91. The van der Waals surface area contributed by atoms with Gasteiger partial charge in [-0.1, -0.05) is 12.2 Å². The molecular weight excluding hydrogens is 240 g/mol. The van der Waals surface area contributed by atoms with Gasteiger partial charge in [-0.05, 0) is 43.3 Å². The predicted octanol–water partition coefficient (Wildman–Crippen LogP) is 2.66. The lowest BCUT2D eigenvalue weighted by atomic mass is 9.67. The Kier molecular flexibility index (Phi) is 3.59. The van der Waals surface area contributed by atoms with Crippen molar-refractivity contribution >= 4 is 5.78 Å². The van der Waals surface area contributed by atoms with Crippen LogP contribution < -0.4 is 0 Å². The predicted molar refractivity (Wildman–Crippen MR) is 72.8 cm³/mol. The number of ether oxygens (including phenoxy) is 2. The molecule has 0 bridgehead atoms. The minimum Gasteiger partial charge on any atom is -0.378 e. The molecule has 1 saturated carbocycles. The zero-order valence-electron chi connectivity index (χ0n) is 11.7. The van der Waals surface area contributed by atoms with Crippen LogP contribution >= 0.6 is 0 Å². The molecule has 3 aliphatic rings. The van der Waals surface area contributed by atoms with E-state index in [-0.39, 0.29) is 12.2 Å². The average Bonchev–Trinajstić information content (AvgIpc) is 2.88. The first-order valence-corrected chi connectivity index (χ1v) is 7.28. The first-order valence-electron chi connectivity index (χ1n) is 7.28. The fraction of sp³-hybridized carbons (Fsp3) is 0.688. The molecule has 4 unspecified atom stereocenters. The molecule has 1 saturated heterocycles. The lowest BCUT2D eigenvalue weighted by Gasteiger charge is -2.36. The molecule has 0 amide bonds. The van der Waals surface area contributed by atoms with E-state index in [9.17, 15) is 4.79 Å². The summed E-state index contributed by atoms with van der Waals surface area (Å²) in [4.78, 5) is 11.9. The molecule has 0 aromatic heterocycles. The van der Waals surface area contributed by atoms with Gasteiger partial charge >= 0.3 is 0 Å². The van der Waals surface area contributed by atoms with E-state index in [1.807, 2.05) is 6.92 Å². The zero-order chi connectivity index (χ0) is 13.4. The smallest absolute Gasteiger partial charge is 0.162 e. The summed E-state index contributed by atoms with van der Waals surface area (Å²) in [6.07, 6.45) is 8.36. The number of carbonyl (C=O) groups is 1. The Morgan fingerprint density at radius 1 is 1.37 bits per heavy atom. The average molecular weight is 262 g/mol. The van der Waals surface area contributed by atoms with Crippen molar-refractivity contribution < 1.29 is 14.3 Å². The third-order valence-corrected chi connectivity index (χ3v) is 4.87. The fourth-order valence-corrected chi connectivity index (χ4v) is 3.69. The van der Waals surface area contributed by atoms with E-state index in [0.717, 1.165) is 12.8 Å². The number of Topliss-reactive ketones (excluding diaryl/α,β-unsaturated/α-hetero) is 1. The van der Waals surface area contributed by atoms with E-state index in [1.165, 1.54) is 17.6 Å². The van der Waals surface area contributed by atoms with Crippen LogP contribution in [-0.2, 0) is 14.3 Å². The summed E-state index contributed by atoms with van der Waals surface area (Å²) in [5.41, 5.74) is 2.76. The van der Waals surface area contributed by atoms with Crippen molar-refractivity contribution in [3.8, 4) is 0 Å². The maximum atomic E-state index is 11.9. The third kappa shape index (κ3) is 2.30. The van der Waals surface area contributed by atoms with Crippen molar-refractivity contribution in [2.75, 3.05) is 13.7 Å². The molecule has 19 heavy (non-hydrogen) atoms. The lowest BCUT2D eigenvalue weighted by molar-refractivity contribution is -0.133. The minimum absolute atomic E-state index is 0.136.